The number of methoxy groups -OCH3 is 1. The highest BCUT2D eigenvalue weighted by atomic mass is 35.5. The molecule has 0 fully saturated rings. The smallest absolute Gasteiger partial charge is 0.242 e. The first-order valence-corrected chi connectivity index (χ1v) is 11.3. The van der Waals surface area contributed by atoms with Gasteiger partial charge in [0.05, 0.1) is 13.7 Å². The Morgan fingerprint density at radius 3 is 2.25 bits per heavy atom. The van der Waals surface area contributed by atoms with Crippen LogP contribution in [-0.2, 0) is 16.1 Å². The number of ether oxygens (including phenoxy) is 2. The molecule has 2 aromatic rings. The van der Waals surface area contributed by atoms with Crippen molar-refractivity contribution >= 4 is 23.4 Å². The van der Waals surface area contributed by atoms with E-state index in [1.54, 1.807) is 31.1 Å². The normalized spacial score (nSPS) is 12.5. The number of hydrogen-bond donors (Lipinski definition) is 1. The molecule has 0 saturated carbocycles. The maximum atomic E-state index is 13.1. The first-order chi connectivity index (χ1) is 15.3. The first kappa shape index (κ1) is 25.5. The molecule has 7 heteroatoms. The molecule has 0 spiro atoms. The molecule has 2 aromatic carbocycles. The van der Waals surface area contributed by atoms with Crippen molar-refractivity contribution in [1.82, 2.24) is 10.2 Å². The van der Waals surface area contributed by atoms with E-state index in [4.69, 9.17) is 21.1 Å². The first-order valence-electron chi connectivity index (χ1n) is 10.9. The van der Waals surface area contributed by atoms with E-state index >= 15 is 0 Å². The number of amides is 2. The van der Waals surface area contributed by atoms with Crippen LogP contribution >= 0.6 is 11.6 Å². The Bertz CT molecular complexity index is 855. The number of carbonyl (C=O) groups is 2. The Balaban J connectivity index is 1.98. The van der Waals surface area contributed by atoms with Crippen molar-refractivity contribution in [2.75, 3.05) is 13.7 Å². The van der Waals surface area contributed by atoms with Crippen molar-refractivity contribution in [3.8, 4) is 11.5 Å². The molecule has 0 bridgehead atoms. The van der Waals surface area contributed by atoms with Gasteiger partial charge < -0.3 is 19.7 Å². The molecule has 0 aliphatic rings. The van der Waals surface area contributed by atoms with Gasteiger partial charge in [0.15, 0.2) is 0 Å². The topological polar surface area (TPSA) is 67.9 Å². The van der Waals surface area contributed by atoms with Crippen LogP contribution in [0.1, 0.15) is 45.6 Å². The summed E-state index contributed by atoms with van der Waals surface area (Å²) in [6, 6.07) is 14.1. The Morgan fingerprint density at radius 2 is 1.66 bits per heavy atom. The van der Waals surface area contributed by atoms with E-state index in [0.29, 0.717) is 24.6 Å². The summed E-state index contributed by atoms with van der Waals surface area (Å²) >= 11 is 5.98. The summed E-state index contributed by atoms with van der Waals surface area (Å²) in [5.74, 6) is 1.23. The fourth-order valence-corrected chi connectivity index (χ4v) is 3.19. The number of carbonyl (C=O) groups excluding carboxylic acids is 2. The van der Waals surface area contributed by atoms with Crippen LogP contribution in [0.4, 0.5) is 0 Å². The van der Waals surface area contributed by atoms with Gasteiger partial charge in [0.25, 0.3) is 0 Å². The third kappa shape index (κ3) is 8.08. The van der Waals surface area contributed by atoms with E-state index in [0.717, 1.165) is 23.5 Å². The minimum Gasteiger partial charge on any atom is -0.497 e. The van der Waals surface area contributed by atoms with Crippen molar-refractivity contribution in [3.63, 3.8) is 0 Å². The van der Waals surface area contributed by atoms with Gasteiger partial charge in [-0.3, -0.25) is 9.59 Å². The van der Waals surface area contributed by atoms with Crippen molar-refractivity contribution < 1.29 is 19.1 Å². The van der Waals surface area contributed by atoms with Gasteiger partial charge in [-0.1, -0.05) is 30.7 Å². The van der Waals surface area contributed by atoms with Crippen LogP contribution in [0, 0.1) is 0 Å². The van der Waals surface area contributed by atoms with Crippen molar-refractivity contribution in [2.45, 2.75) is 58.7 Å². The molecule has 2 atom stereocenters. The molecule has 0 radical (unpaired) electrons. The molecule has 0 aromatic heterocycles. The Hall–Kier alpha value is -2.73. The SMILES string of the molecule is CC[C@@H](C)NC(=O)[C@H](C)N(Cc1ccc(Cl)cc1)C(=O)CCCOc1ccc(OC)cc1. The monoisotopic (exact) mass is 460 g/mol. The second kappa shape index (κ2) is 13.0. The van der Waals surface area contributed by atoms with E-state index in [2.05, 4.69) is 5.32 Å². The maximum Gasteiger partial charge on any atom is 0.242 e. The zero-order valence-corrected chi connectivity index (χ0v) is 20.0. The molecule has 1 N–H and O–H groups in total. The largest absolute Gasteiger partial charge is 0.497 e. The van der Waals surface area contributed by atoms with Crippen LogP contribution in [0.5, 0.6) is 11.5 Å². The highest BCUT2D eigenvalue weighted by Gasteiger charge is 2.26. The van der Waals surface area contributed by atoms with Gasteiger partial charge >= 0.3 is 0 Å². The van der Waals surface area contributed by atoms with E-state index in [-0.39, 0.29) is 24.3 Å². The standard InChI is InChI=1S/C25H33ClN2O4/c1-5-18(2)27-25(30)19(3)28(17-20-8-10-21(26)11-9-20)24(29)7-6-16-32-23-14-12-22(31-4)13-15-23/h8-15,18-19H,5-7,16-17H2,1-4H3,(H,27,30)/t18-,19+/m1/s1. The maximum absolute atomic E-state index is 13.1. The fourth-order valence-electron chi connectivity index (χ4n) is 3.06. The zero-order valence-electron chi connectivity index (χ0n) is 19.3. The predicted octanol–water partition coefficient (Wildman–Crippen LogP) is 4.84. The summed E-state index contributed by atoms with van der Waals surface area (Å²) in [6.07, 6.45) is 1.65. The van der Waals surface area contributed by atoms with Crippen molar-refractivity contribution in [3.05, 3.63) is 59.1 Å². The number of rotatable bonds is 12. The average Bonchev–Trinajstić information content (AvgIpc) is 2.81. The van der Waals surface area contributed by atoms with Crippen LogP contribution in [0.15, 0.2) is 48.5 Å². The van der Waals surface area contributed by atoms with E-state index < -0.39 is 6.04 Å². The lowest BCUT2D eigenvalue weighted by molar-refractivity contribution is -0.141. The molecule has 2 rings (SSSR count). The molecular weight excluding hydrogens is 428 g/mol. The summed E-state index contributed by atoms with van der Waals surface area (Å²) in [7, 11) is 1.61. The van der Waals surface area contributed by atoms with Gasteiger partial charge in [0.1, 0.15) is 17.5 Å². The molecule has 0 aliphatic heterocycles. The van der Waals surface area contributed by atoms with E-state index in [9.17, 15) is 9.59 Å². The van der Waals surface area contributed by atoms with Crippen molar-refractivity contribution in [2.24, 2.45) is 0 Å². The van der Waals surface area contributed by atoms with Gasteiger partial charge in [-0.05, 0) is 68.7 Å². The molecule has 0 aliphatic carbocycles. The van der Waals surface area contributed by atoms with Gasteiger partial charge in [0.2, 0.25) is 11.8 Å². The molecular formula is C25H33ClN2O4. The van der Waals surface area contributed by atoms with Crippen LogP contribution in [0.25, 0.3) is 0 Å². The quantitative estimate of drug-likeness (QED) is 0.460. The molecule has 0 heterocycles. The minimum absolute atomic E-state index is 0.0512. The Labute approximate surface area is 195 Å². The van der Waals surface area contributed by atoms with Crippen LogP contribution in [0.3, 0.4) is 0 Å². The zero-order chi connectivity index (χ0) is 23.5. The summed E-state index contributed by atoms with van der Waals surface area (Å²) in [4.78, 5) is 27.4. The summed E-state index contributed by atoms with van der Waals surface area (Å²) in [5.41, 5.74) is 0.917. The van der Waals surface area contributed by atoms with Gasteiger partial charge in [-0.15, -0.1) is 0 Å². The summed E-state index contributed by atoms with van der Waals surface area (Å²) < 4.78 is 10.9. The molecule has 174 valence electrons. The number of nitrogens with one attached hydrogen (secondary N) is 1. The lowest BCUT2D eigenvalue weighted by atomic mass is 10.1. The third-order valence-electron chi connectivity index (χ3n) is 5.30. The number of halogens is 1. The number of nitrogens with zero attached hydrogens (tertiary/aromatic N) is 1. The van der Waals surface area contributed by atoms with Crippen LogP contribution in [0.2, 0.25) is 5.02 Å². The molecule has 0 unspecified atom stereocenters. The molecule has 0 saturated heterocycles. The highest BCUT2D eigenvalue weighted by Crippen LogP contribution is 2.18. The minimum atomic E-state index is -0.588. The second-order valence-corrected chi connectivity index (χ2v) is 8.21. The van der Waals surface area contributed by atoms with Crippen LogP contribution in [-0.4, -0.2) is 42.5 Å². The van der Waals surface area contributed by atoms with Crippen molar-refractivity contribution in [1.29, 1.82) is 0 Å². The van der Waals surface area contributed by atoms with Gasteiger partial charge in [-0.2, -0.15) is 0 Å². The van der Waals surface area contributed by atoms with E-state index in [1.165, 1.54) is 0 Å². The average molecular weight is 461 g/mol. The molecule has 2 amide bonds. The lowest BCUT2D eigenvalue weighted by Crippen LogP contribution is -2.49. The van der Waals surface area contributed by atoms with Crippen LogP contribution < -0.4 is 14.8 Å². The fraction of sp³-hybridized carbons (Fsp3) is 0.440. The summed E-state index contributed by atoms with van der Waals surface area (Å²) in [6.45, 7) is 6.46. The Kier molecular flexibility index (Phi) is 10.3. The second-order valence-electron chi connectivity index (χ2n) is 7.77. The molecule has 32 heavy (non-hydrogen) atoms. The van der Waals surface area contributed by atoms with Gasteiger partial charge in [-0.25, -0.2) is 0 Å². The Morgan fingerprint density at radius 1 is 1.03 bits per heavy atom. The molecule has 6 nitrogen and oxygen atoms in total. The lowest BCUT2D eigenvalue weighted by Gasteiger charge is -2.29. The summed E-state index contributed by atoms with van der Waals surface area (Å²) in [5, 5.41) is 3.60. The predicted molar refractivity (Wildman–Crippen MR) is 127 cm³/mol. The van der Waals surface area contributed by atoms with E-state index in [1.807, 2.05) is 50.2 Å². The van der Waals surface area contributed by atoms with Gasteiger partial charge in [0, 0.05) is 24.0 Å². The highest BCUT2D eigenvalue weighted by molar-refractivity contribution is 6.30. The number of hydrogen-bond acceptors (Lipinski definition) is 4. The third-order valence-corrected chi connectivity index (χ3v) is 5.55. The number of benzene rings is 2.